The van der Waals surface area contributed by atoms with Gasteiger partial charge in [0.25, 0.3) is 0 Å². The summed E-state index contributed by atoms with van der Waals surface area (Å²) >= 11 is 1.79. The summed E-state index contributed by atoms with van der Waals surface area (Å²) in [6.07, 6.45) is 2.53. The lowest BCUT2D eigenvalue weighted by Crippen LogP contribution is -2.30. The molecule has 1 atom stereocenters. The van der Waals surface area contributed by atoms with Crippen LogP contribution in [0.1, 0.15) is 20.3 Å². The Morgan fingerprint density at radius 2 is 2.31 bits per heavy atom. The van der Waals surface area contributed by atoms with E-state index in [1.807, 2.05) is 13.8 Å². The standard InChI is InChI=1S/C9H19NO2S/c1-4-12-9(11)7-8(2)10-5-6-13-3/h8,10H,4-7H2,1-3H3. The molecule has 1 N–H and O–H groups in total. The minimum Gasteiger partial charge on any atom is -0.466 e. The monoisotopic (exact) mass is 205 g/mol. The average molecular weight is 205 g/mol. The molecule has 3 nitrogen and oxygen atoms in total. The first-order valence-electron chi connectivity index (χ1n) is 4.58. The molecule has 0 radical (unpaired) electrons. The number of hydrogen-bond acceptors (Lipinski definition) is 4. The molecule has 0 fully saturated rings. The number of carbonyl (C=O) groups excluding carboxylic acids is 1. The maximum absolute atomic E-state index is 11.0. The fourth-order valence-electron chi connectivity index (χ4n) is 0.949. The highest BCUT2D eigenvalue weighted by molar-refractivity contribution is 7.98. The van der Waals surface area contributed by atoms with E-state index in [0.29, 0.717) is 13.0 Å². The second-order valence-electron chi connectivity index (χ2n) is 2.86. The van der Waals surface area contributed by atoms with Gasteiger partial charge in [-0.1, -0.05) is 0 Å². The molecule has 0 aliphatic rings. The van der Waals surface area contributed by atoms with E-state index in [1.54, 1.807) is 11.8 Å². The summed E-state index contributed by atoms with van der Waals surface area (Å²) in [4.78, 5) is 11.0. The molecule has 0 bridgehead atoms. The molecule has 0 saturated heterocycles. The Hall–Kier alpha value is -0.220. The van der Waals surface area contributed by atoms with Gasteiger partial charge in [0.2, 0.25) is 0 Å². The summed E-state index contributed by atoms with van der Waals surface area (Å²) in [5.41, 5.74) is 0. The van der Waals surface area contributed by atoms with Crippen LogP contribution in [0.3, 0.4) is 0 Å². The molecular formula is C9H19NO2S. The molecule has 0 spiro atoms. The maximum atomic E-state index is 11.0. The first-order valence-corrected chi connectivity index (χ1v) is 5.98. The van der Waals surface area contributed by atoms with E-state index < -0.39 is 0 Å². The molecule has 0 aliphatic heterocycles. The van der Waals surface area contributed by atoms with Crippen molar-refractivity contribution >= 4 is 17.7 Å². The van der Waals surface area contributed by atoms with Crippen molar-refractivity contribution in [1.29, 1.82) is 0 Å². The minimum absolute atomic E-state index is 0.119. The van der Waals surface area contributed by atoms with Gasteiger partial charge in [-0.3, -0.25) is 4.79 Å². The Balaban J connectivity index is 3.38. The highest BCUT2D eigenvalue weighted by Gasteiger charge is 2.07. The highest BCUT2D eigenvalue weighted by atomic mass is 32.2. The number of thioether (sulfide) groups is 1. The lowest BCUT2D eigenvalue weighted by Gasteiger charge is -2.11. The van der Waals surface area contributed by atoms with Crippen molar-refractivity contribution in [2.45, 2.75) is 26.3 Å². The third kappa shape index (κ3) is 8.12. The highest BCUT2D eigenvalue weighted by Crippen LogP contribution is 1.95. The number of carbonyl (C=O) groups is 1. The second kappa shape index (κ2) is 8.38. The zero-order valence-corrected chi connectivity index (χ0v) is 9.45. The van der Waals surface area contributed by atoms with Crippen LogP contribution in [0, 0.1) is 0 Å². The molecule has 0 aromatic heterocycles. The number of rotatable bonds is 7. The van der Waals surface area contributed by atoms with E-state index in [9.17, 15) is 4.79 Å². The van der Waals surface area contributed by atoms with Gasteiger partial charge in [-0.05, 0) is 20.1 Å². The fourth-order valence-corrected chi connectivity index (χ4v) is 1.27. The summed E-state index contributed by atoms with van der Waals surface area (Å²) in [5, 5.41) is 3.25. The van der Waals surface area contributed by atoms with Gasteiger partial charge in [0.05, 0.1) is 13.0 Å². The van der Waals surface area contributed by atoms with Crippen LogP contribution in [0.4, 0.5) is 0 Å². The maximum Gasteiger partial charge on any atom is 0.307 e. The van der Waals surface area contributed by atoms with Gasteiger partial charge in [0.1, 0.15) is 0 Å². The van der Waals surface area contributed by atoms with Crippen LogP contribution in [0.5, 0.6) is 0 Å². The molecule has 0 saturated carbocycles. The van der Waals surface area contributed by atoms with Gasteiger partial charge in [0.15, 0.2) is 0 Å². The minimum atomic E-state index is -0.119. The zero-order chi connectivity index (χ0) is 10.1. The molecule has 0 aliphatic carbocycles. The lowest BCUT2D eigenvalue weighted by atomic mass is 10.2. The van der Waals surface area contributed by atoms with E-state index in [0.717, 1.165) is 12.3 Å². The Bertz CT molecular complexity index is 142. The fraction of sp³-hybridized carbons (Fsp3) is 0.889. The van der Waals surface area contributed by atoms with Gasteiger partial charge in [-0.2, -0.15) is 11.8 Å². The van der Waals surface area contributed by atoms with Gasteiger partial charge in [-0.15, -0.1) is 0 Å². The Labute approximate surface area is 84.6 Å². The quantitative estimate of drug-likeness (QED) is 0.502. The smallest absolute Gasteiger partial charge is 0.307 e. The normalized spacial score (nSPS) is 12.5. The van der Waals surface area contributed by atoms with Crippen LogP contribution in [-0.2, 0) is 9.53 Å². The van der Waals surface area contributed by atoms with Crippen LogP contribution in [0.15, 0.2) is 0 Å². The van der Waals surface area contributed by atoms with E-state index in [2.05, 4.69) is 11.6 Å². The van der Waals surface area contributed by atoms with Crippen LogP contribution in [0.25, 0.3) is 0 Å². The summed E-state index contributed by atoms with van der Waals surface area (Å²) in [7, 11) is 0. The lowest BCUT2D eigenvalue weighted by molar-refractivity contribution is -0.143. The summed E-state index contributed by atoms with van der Waals surface area (Å²) in [5.74, 6) is 0.958. The molecule has 1 unspecified atom stereocenters. The number of ether oxygens (including phenoxy) is 1. The molecule has 0 rings (SSSR count). The van der Waals surface area contributed by atoms with Crippen molar-refractivity contribution in [2.24, 2.45) is 0 Å². The summed E-state index contributed by atoms with van der Waals surface area (Å²) in [6, 6.07) is 0.214. The predicted octanol–water partition coefficient (Wildman–Crippen LogP) is 1.28. The van der Waals surface area contributed by atoms with Crippen LogP contribution in [0.2, 0.25) is 0 Å². The van der Waals surface area contributed by atoms with Crippen molar-refractivity contribution in [3.05, 3.63) is 0 Å². The molecule has 0 aromatic carbocycles. The third-order valence-corrected chi connectivity index (χ3v) is 2.19. The average Bonchev–Trinajstić information content (AvgIpc) is 2.05. The van der Waals surface area contributed by atoms with E-state index in [-0.39, 0.29) is 12.0 Å². The Morgan fingerprint density at radius 1 is 1.62 bits per heavy atom. The van der Waals surface area contributed by atoms with Crippen molar-refractivity contribution in [3.63, 3.8) is 0 Å². The van der Waals surface area contributed by atoms with Crippen molar-refractivity contribution in [2.75, 3.05) is 25.2 Å². The van der Waals surface area contributed by atoms with Crippen LogP contribution in [-0.4, -0.2) is 37.2 Å². The number of nitrogens with one attached hydrogen (secondary N) is 1. The molecule has 13 heavy (non-hydrogen) atoms. The van der Waals surface area contributed by atoms with Crippen LogP contribution < -0.4 is 5.32 Å². The second-order valence-corrected chi connectivity index (χ2v) is 3.84. The Morgan fingerprint density at radius 3 is 2.85 bits per heavy atom. The van der Waals surface area contributed by atoms with Gasteiger partial charge in [-0.25, -0.2) is 0 Å². The largest absolute Gasteiger partial charge is 0.466 e. The van der Waals surface area contributed by atoms with Crippen molar-refractivity contribution < 1.29 is 9.53 Å². The van der Waals surface area contributed by atoms with Crippen molar-refractivity contribution in [1.82, 2.24) is 5.32 Å². The van der Waals surface area contributed by atoms with Crippen molar-refractivity contribution in [3.8, 4) is 0 Å². The number of esters is 1. The molecule has 0 aromatic rings. The topological polar surface area (TPSA) is 38.3 Å². The van der Waals surface area contributed by atoms with Gasteiger partial charge < -0.3 is 10.1 Å². The SMILES string of the molecule is CCOC(=O)CC(C)NCCSC. The van der Waals surface area contributed by atoms with Gasteiger partial charge in [0, 0.05) is 18.3 Å². The summed E-state index contributed by atoms with van der Waals surface area (Å²) < 4.78 is 4.83. The van der Waals surface area contributed by atoms with Gasteiger partial charge >= 0.3 is 5.97 Å². The number of hydrogen-bond donors (Lipinski definition) is 1. The van der Waals surface area contributed by atoms with Crippen LogP contribution >= 0.6 is 11.8 Å². The van der Waals surface area contributed by atoms with E-state index in [1.165, 1.54) is 0 Å². The third-order valence-electron chi connectivity index (χ3n) is 1.58. The predicted molar refractivity (Wildman–Crippen MR) is 57.1 cm³/mol. The molecular weight excluding hydrogens is 186 g/mol. The first kappa shape index (κ1) is 12.8. The molecule has 0 heterocycles. The molecule has 78 valence electrons. The molecule has 0 amide bonds. The Kier molecular flexibility index (Phi) is 8.24. The van der Waals surface area contributed by atoms with E-state index in [4.69, 9.17) is 4.74 Å². The van der Waals surface area contributed by atoms with E-state index >= 15 is 0 Å². The zero-order valence-electron chi connectivity index (χ0n) is 8.63. The first-order chi connectivity index (χ1) is 6.20. The summed E-state index contributed by atoms with van der Waals surface area (Å²) in [6.45, 7) is 5.24. The molecule has 4 heteroatoms.